The maximum atomic E-state index is 12.6. The van der Waals surface area contributed by atoms with Gasteiger partial charge in [-0.25, -0.2) is 0 Å². The number of likely N-dealkylation sites (N-methyl/N-ethyl adjacent to an activating group) is 1. The molecule has 0 bridgehead atoms. The van der Waals surface area contributed by atoms with Crippen molar-refractivity contribution in [2.75, 3.05) is 20.1 Å². The maximum Gasteiger partial charge on any atom is 0.239 e. The van der Waals surface area contributed by atoms with E-state index in [9.17, 15) is 9.59 Å². The van der Waals surface area contributed by atoms with E-state index in [2.05, 4.69) is 5.32 Å². The van der Waals surface area contributed by atoms with Crippen LogP contribution >= 0.6 is 12.2 Å². The number of carbonyl (C=O) groups is 2. The molecule has 6 heteroatoms. The first kappa shape index (κ1) is 16.9. The number of rotatable bonds is 6. The Bertz CT molecular complexity index is 390. The minimum Gasteiger partial charge on any atom is -0.392 e. The van der Waals surface area contributed by atoms with Gasteiger partial charge >= 0.3 is 0 Å². The molecule has 0 heterocycles. The Morgan fingerprint density at radius 2 is 1.90 bits per heavy atom. The highest BCUT2D eigenvalue weighted by Crippen LogP contribution is 2.39. The van der Waals surface area contributed by atoms with Gasteiger partial charge in [-0.05, 0) is 18.8 Å². The molecule has 1 aliphatic rings. The van der Waals surface area contributed by atoms with Gasteiger partial charge < -0.3 is 16.0 Å². The zero-order valence-electron chi connectivity index (χ0n) is 12.6. The predicted octanol–water partition coefficient (Wildman–Crippen LogP) is 1.06. The van der Waals surface area contributed by atoms with E-state index < -0.39 is 5.41 Å². The number of hydrogen-bond acceptors (Lipinski definition) is 3. The van der Waals surface area contributed by atoms with Gasteiger partial charge in [-0.2, -0.15) is 0 Å². The Hall–Kier alpha value is -1.17. The zero-order chi connectivity index (χ0) is 15.3. The molecule has 114 valence electrons. The quantitative estimate of drug-likeness (QED) is 0.719. The van der Waals surface area contributed by atoms with Crippen LogP contribution in [0.1, 0.15) is 39.5 Å². The molecule has 0 aromatic carbocycles. The van der Waals surface area contributed by atoms with Crippen molar-refractivity contribution in [3.63, 3.8) is 0 Å². The van der Waals surface area contributed by atoms with Crippen LogP contribution in [0.3, 0.4) is 0 Å². The van der Waals surface area contributed by atoms with Crippen molar-refractivity contribution in [3.05, 3.63) is 0 Å². The summed E-state index contributed by atoms with van der Waals surface area (Å²) in [7, 11) is 1.63. The van der Waals surface area contributed by atoms with Crippen LogP contribution in [-0.4, -0.2) is 41.8 Å². The Morgan fingerprint density at radius 1 is 1.35 bits per heavy atom. The third kappa shape index (κ3) is 3.91. The summed E-state index contributed by atoms with van der Waals surface area (Å²) in [4.78, 5) is 26.0. The smallest absolute Gasteiger partial charge is 0.239 e. The van der Waals surface area contributed by atoms with Crippen LogP contribution in [0.2, 0.25) is 0 Å². The zero-order valence-corrected chi connectivity index (χ0v) is 13.4. The highest BCUT2D eigenvalue weighted by molar-refractivity contribution is 7.80. The van der Waals surface area contributed by atoms with Gasteiger partial charge in [-0.15, -0.1) is 0 Å². The van der Waals surface area contributed by atoms with E-state index in [1.54, 1.807) is 7.05 Å². The van der Waals surface area contributed by atoms with Crippen LogP contribution < -0.4 is 11.1 Å². The second kappa shape index (κ2) is 7.02. The van der Waals surface area contributed by atoms with Crippen molar-refractivity contribution in [2.24, 2.45) is 17.1 Å². The van der Waals surface area contributed by atoms with E-state index in [1.807, 2.05) is 13.8 Å². The molecule has 0 aromatic rings. The molecule has 3 N–H and O–H groups in total. The average molecular weight is 299 g/mol. The second-order valence-electron chi connectivity index (χ2n) is 6.01. The van der Waals surface area contributed by atoms with Crippen LogP contribution in [0.15, 0.2) is 0 Å². The molecule has 0 unspecified atom stereocenters. The van der Waals surface area contributed by atoms with Crippen molar-refractivity contribution in [2.45, 2.75) is 39.5 Å². The van der Waals surface area contributed by atoms with E-state index in [4.69, 9.17) is 18.0 Å². The molecule has 5 nitrogen and oxygen atoms in total. The molecule has 0 saturated heterocycles. The lowest BCUT2D eigenvalue weighted by atomic mass is 9.84. The Labute approximate surface area is 126 Å². The lowest BCUT2D eigenvalue weighted by Crippen LogP contribution is -2.50. The van der Waals surface area contributed by atoms with E-state index in [-0.39, 0.29) is 23.3 Å². The van der Waals surface area contributed by atoms with E-state index >= 15 is 0 Å². The molecular weight excluding hydrogens is 274 g/mol. The summed E-state index contributed by atoms with van der Waals surface area (Å²) in [6.45, 7) is 4.71. The van der Waals surface area contributed by atoms with Crippen molar-refractivity contribution in [3.8, 4) is 0 Å². The second-order valence-corrected chi connectivity index (χ2v) is 6.45. The molecule has 1 aliphatic carbocycles. The predicted molar refractivity (Wildman–Crippen MR) is 83.2 cm³/mol. The van der Waals surface area contributed by atoms with E-state index in [0.29, 0.717) is 25.3 Å². The maximum absolute atomic E-state index is 12.6. The summed E-state index contributed by atoms with van der Waals surface area (Å²) >= 11 is 5.09. The fraction of sp³-hybridized carbons (Fsp3) is 0.786. The van der Waals surface area contributed by atoms with Crippen LogP contribution in [-0.2, 0) is 9.59 Å². The fourth-order valence-corrected chi connectivity index (χ4v) is 2.86. The molecule has 0 radical (unpaired) electrons. The van der Waals surface area contributed by atoms with Crippen LogP contribution in [0, 0.1) is 11.3 Å². The molecule has 1 rings (SSSR count). The molecule has 1 fully saturated rings. The first-order chi connectivity index (χ1) is 9.29. The highest BCUT2D eigenvalue weighted by Gasteiger charge is 2.45. The molecule has 0 aromatic heterocycles. The summed E-state index contributed by atoms with van der Waals surface area (Å²) in [6.07, 6.45) is 3.30. The third-order valence-corrected chi connectivity index (χ3v) is 4.16. The summed E-state index contributed by atoms with van der Waals surface area (Å²) in [5.41, 5.74) is 5.05. The number of nitrogens with one attached hydrogen (secondary N) is 1. The summed E-state index contributed by atoms with van der Waals surface area (Å²) in [6, 6.07) is 0. The minimum atomic E-state index is -0.734. The fourth-order valence-electron chi connectivity index (χ4n) is 2.57. The molecular formula is C14H25N3O2S. The first-order valence-electron chi connectivity index (χ1n) is 7.12. The third-order valence-electron chi connectivity index (χ3n) is 3.77. The monoisotopic (exact) mass is 299 g/mol. The molecule has 1 saturated carbocycles. The Morgan fingerprint density at radius 3 is 2.35 bits per heavy atom. The van der Waals surface area contributed by atoms with Gasteiger partial charge in [0, 0.05) is 13.6 Å². The number of thiocarbonyl (C=S) groups is 1. The summed E-state index contributed by atoms with van der Waals surface area (Å²) in [5.74, 6) is 0.116. The van der Waals surface area contributed by atoms with Crippen molar-refractivity contribution >= 4 is 29.0 Å². The number of amides is 2. The SMILES string of the molecule is CC(C)CNC(=O)CN(C)C(=O)C1(C(N)=S)CCCC1. The van der Waals surface area contributed by atoms with Gasteiger partial charge in [-0.1, -0.05) is 38.9 Å². The van der Waals surface area contributed by atoms with Gasteiger partial charge in [0.15, 0.2) is 0 Å². The summed E-state index contributed by atoms with van der Waals surface area (Å²) < 4.78 is 0. The first-order valence-corrected chi connectivity index (χ1v) is 7.52. The van der Waals surface area contributed by atoms with Crippen molar-refractivity contribution in [1.29, 1.82) is 0 Å². The largest absolute Gasteiger partial charge is 0.392 e. The number of carbonyl (C=O) groups excluding carboxylic acids is 2. The molecule has 0 aliphatic heterocycles. The van der Waals surface area contributed by atoms with E-state index in [1.165, 1.54) is 4.90 Å². The van der Waals surface area contributed by atoms with Crippen molar-refractivity contribution < 1.29 is 9.59 Å². The standard InChI is InChI=1S/C14H25N3O2S/c1-10(2)8-16-11(18)9-17(3)13(19)14(12(15)20)6-4-5-7-14/h10H,4-9H2,1-3H3,(H2,15,20)(H,16,18). The van der Waals surface area contributed by atoms with Crippen LogP contribution in [0.4, 0.5) is 0 Å². The van der Waals surface area contributed by atoms with E-state index in [0.717, 1.165) is 12.8 Å². The normalized spacial score (nSPS) is 17.0. The number of nitrogens with zero attached hydrogens (tertiary/aromatic N) is 1. The van der Waals surface area contributed by atoms with Gasteiger partial charge in [0.2, 0.25) is 11.8 Å². The average Bonchev–Trinajstić information content (AvgIpc) is 2.85. The summed E-state index contributed by atoms with van der Waals surface area (Å²) in [5, 5.41) is 2.80. The topological polar surface area (TPSA) is 75.4 Å². The Kier molecular flexibility index (Phi) is 5.92. The lowest BCUT2D eigenvalue weighted by molar-refractivity contribution is -0.140. The molecule has 0 spiro atoms. The Balaban J connectivity index is 2.62. The molecule has 0 atom stereocenters. The number of hydrogen-bond donors (Lipinski definition) is 2. The minimum absolute atomic E-state index is 0.0515. The number of nitrogens with two attached hydrogens (primary N) is 1. The van der Waals surface area contributed by atoms with Crippen LogP contribution in [0.25, 0.3) is 0 Å². The molecule has 2 amide bonds. The van der Waals surface area contributed by atoms with Gasteiger partial charge in [0.05, 0.1) is 16.9 Å². The van der Waals surface area contributed by atoms with Crippen LogP contribution in [0.5, 0.6) is 0 Å². The highest BCUT2D eigenvalue weighted by atomic mass is 32.1. The molecule has 20 heavy (non-hydrogen) atoms. The lowest BCUT2D eigenvalue weighted by Gasteiger charge is -2.31. The van der Waals surface area contributed by atoms with Gasteiger partial charge in [-0.3, -0.25) is 9.59 Å². The van der Waals surface area contributed by atoms with Crippen molar-refractivity contribution in [1.82, 2.24) is 10.2 Å². The van der Waals surface area contributed by atoms with Gasteiger partial charge in [0.25, 0.3) is 0 Å². The van der Waals surface area contributed by atoms with Gasteiger partial charge in [0.1, 0.15) is 0 Å².